The van der Waals surface area contributed by atoms with Crippen LogP contribution in [0.3, 0.4) is 0 Å². The highest BCUT2D eigenvalue weighted by Gasteiger charge is 2.10. The van der Waals surface area contributed by atoms with Crippen LogP contribution in [-0.4, -0.2) is 30.0 Å². The summed E-state index contributed by atoms with van der Waals surface area (Å²) in [6.07, 6.45) is 7.23. The van der Waals surface area contributed by atoms with Gasteiger partial charge in [0, 0.05) is 6.54 Å². The minimum Gasteiger partial charge on any atom is -0.490 e. The van der Waals surface area contributed by atoms with Gasteiger partial charge in [-0.1, -0.05) is 12.8 Å². The molecule has 3 N–H and O–H groups in total. The van der Waals surface area contributed by atoms with Crippen LogP contribution in [0.5, 0.6) is 5.75 Å². The van der Waals surface area contributed by atoms with Gasteiger partial charge in [0.1, 0.15) is 0 Å². The molecule has 0 saturated heterocycles. The molecule has 4 nitrogen and oxygen atoms in total. The maximum atomic E-state index is 5.67. The van der Waals surface area contributed by atoms with Crippen LogP contribution in [-0.2, 0) is 0 Å². The number of hydrogen-bond donors (Lipinski definition) is 2. The summed E-state index contributed by atoms with van der Waals surface area (Å²) in [6, 6.07) is 0. The predicted octanol–water partition coefficient (Wildman–Crippen LogP) is 3.07. The first-order valence-corrected chi connectivity index (χ1v) is 7.98. The zero-order valence-electron chi connectivity index (χ0n) is 10.5. The Balaban J connectivity index is 2.13. The number of nitrogens with zero attached hydrogens (tertiary/aromatic N) is 1. The fourth-order valence-corrected chi connectivity index (χ4v) is 2.73. The van der Waals surface area contributed by atoms with Crippen LogP contribution in [0.25, 0.3) is 0 Å². The Morgan fingerprint density at radius 3 is 2.82 bits per heavy atom. The van der Waals surface area contributed by atoms with Crippen LogP contribution in [0.2, 0.25) is 0 Å². The molecule has 0 amide bonds. The molecule has 1 aromatic rings. The first-order chi connectivity index (χ1) is 8.29. The van der Waals surface area contributed by atoms with Crippen LogP contribution in [0, 0.1) is 0 Å². The van der Waals surface area contributed by atoms with E-state index in [1.807, 2.05) is 11.8 Å². The average molecular weight is 275 g/mol. The quantitative estimate of drug-likeness (QED) is 0.678. The SMILES string of the molecule is COc1c(N)nsc1NCCCCCCSC. The monoisotopic (exact) mass is 275 g/mol. The first kappa shape index (κ1) is 14.4. The number of methoxy groups -OCH3 is 1. The van der Waals surface area contributed by atoms with Gasteiger partial charge in [0.25, 0.3) is 0 Å². The molecular formula is C11H21N3OS2. The minimum absolute atomic E-state index is 0.472. The van der Waals surface area contributed by atoms with E-state index in [0.717, 1.165) is 11.5 Å². The maximum Gasteiger partial charge on any atom is 0.197 e. The lowest BCUT2D eigenvalue weighted by atomic mass is 10.2. The molecule has 0 spiro atoms. The smallest absolute Gasteiger partial charge is 0.197 e. The Bertz CT molecular complexity index is 318. The van der Waals surface area contributed by atoms with Gasteiger partial charge in [0.2, 0.25) is 0 Å². The summed E-state index contributed by atoms with van der Waals surface area (Å²) in [5.41, 5.74) is 5.67. The molecule has 1 heterocycles. The molecule has 0 bridgehead atoms. The second-order valence-corrected chi connectivity index (χ2v) is 5.52. The van der Waals surface area contributed by atoms with Gasteiger partial charge >= 0.3 is 0 Å². The molecule has 6 heteroatoms. The molecule has 0 aliphatic carbocycles. The Morgan fingerprint density at radius 2 is 2.12 bits per heavy atom. The molecule has 0 aliphatic rings. The summed E-state index contributed by atoms with van der Waals surface area (Å²) < 4.78 is 9.24. The number of aromatic nitrogens is 1. The summed E-state index contributed by atoms with van der Waals surface area (Å²) in [6.45, 7) is 0.956. The molecular weight excluding hydrogens is 254 g/mol. The van der Waals surface area contributed by atoms with Crippen molar-refractivity contribution in [3.8, 4) is 5.75 Å². The fourth-order valence-electron chi connectivity index (χ4n) is 1.53. The number of hydrogen-bond acceptors (Lipinski definition) is 6. The largest absolute Gasteiger partial charge is 0.490 e. The normalized spacial score (nSPS) is 10.5. The molecule has 17 heavy (non-hydrogen) atoms. The van der Waals surface area contributed by atoms with Gasteiger partial charge in [-0.15, -0.1) is 0 Å². The molecule has 0 aliphatic heterocycles. The molecule has 0 aromatic carbocycles. The topological polar surface area (TPSA) is 60.2 Å². The van der Waals surface area contributed by atoms with E-state index < -0.39 is 0 Å². The molecule has 98 valence electrons. The molecule has 0 atom stereocenters. The van der Waals surface area contributed by atoms with Gasteiger partial charge < -0.3 is 15.8 Å². The van der Waals surface area contributed by atoms with Gasteiger partial charge in [-0.05, 0) is 36.4 Å². The number of unbranched alkanes of at least 4 members (excludes halogenated alkanes) is 3. The van der Waals surface area contributed by atoms with E-state index in [9.17, 15) is 0 Å². The molecule has 0 unspecified atom stereocenters. The summed E-state index contributed by atoms with van der Waals surface area (Å²) in [7, 11) is 1.62. The van der Waals surface area contributed by atoms with Crippen molar-refractivity contribution >= 4 is 34.1 Å². The Hall–Kier alpha value is -0.620. The minimum atomic E-state index is 0.472. The molecule has 0 radical (unpaired) electrons. The van der Waals surface area contributed by atoms with E-state index in [1.54, 1.807) is 7.11 Å². The third-order valence-electron chi connectivity index (χ3n) is 2.44. The zero-order chi connectivity index (χ0) is 12.5. The van der Waals surface area contributed by atoms with E-state index in [1.165, 1.54) is 43.0 Å². The predicted molar refractivity (Wildman–Crippen MR) is 78.4 cm³/mol. The van der Waals surface area contributed by atoms with Gasteiger partial charge in [0.05, 0.1) is 7.11 Å². The summed E-state index contributed by atoms with van der Waals surface area (Å²) >= 11 is 3.28. The van der Waals surface area contributed by atoms with E-state index in [0.29, 0.717) is 11.6 Å². The third kappa shape index (κ3) is 5.04. The number of nitrogens with one attached hydrogen (secondary N) is 1. The summed E-state index contributed by atoms with van der Waals surface area (Å²) in [5.74, 6) is 2.42. The van der Waals surface area contributed by atoms with Crippen LogP contribution in [0.1, 0.15) is 25.7 Å². The Morgan fingerprint density at radius 1 is 1.35 bits per heavy atom. The van der Waals surface area contributed by atoms with Crippen molar-refractivity contribution in [3.63, 3.8) is 0 Å². The van der Waals surface area contributed by atoms with Crippen LogP contribution in [0.15, 0.2) is 0 Å². The zero-order valence-corrected chi connectivity index (χ0v) is 12.1. The first-order valence-electron chi connectivity index (χ1n) is 5.81. The van der Waals surface area contributed by atoms with Crippen molar-refractivity contribution in [1.29, 1.82) is 0 Å². The van der Waals surface area contributed by atoms with Crippen LogP contribution >= 0.6 is 23.3 Å². The highest BCUT2D eigenvalue weighted by Crippen LogP contribution is 2.34. The lowest BCUT2D eigenvalue weighted by Gasteiger charge is -2.05. The molecule has 0 saturated carbocycles. The summed E-state index contributed by atoms with van der Waals surface area (Å²) in [4.78, 5) is 0. The number of nitrogen functional groups attached to an aromatic ring is 1. The van der Waals surface area contributed by atoms with Crippen LogP contribution < -0.4 is 15.8 Å². The number of nitrogens with two attached hydrogens (primary N) is 1. The maximum absolute atomic E-state index is 5.67. The third-order valence-corrected chi connectivity index (χ3v) is 3.94. The number of rotatable bonds is 9. The van der Waals surface area contributed by atoms with E-state index >= 15 is 0 Å². The van der Waals surface area contributed by atoms with Gasteiger partial charge in [0.15, 0.2) is 16.6 Å². The highest BCUT2D eigenvalue weighted by atomic mass is 32.2. The molecule has 1 aromatic heterocycles. The lowest BCUT2D eigenvalue weighted by Crippen LogP contribution is -2.01. The number of anilines is 2. The standard InChI is InChI=1S/C11H21N3OS2/c1-15-9-10(12)14-17-11(9)13-7-5-3-4-6-8-16-2/h13H,3-8H2,1-2H3,(H2,12,14). The van der Waals surface area contributed by atoms with Crippen molar-refractivity contribution < 1.29 is 4.74 Å². The second-order valence-electron chi connectivity index (χ2n) is 3.76. The van der Waals surface area contributed by atoms with Crippen molar-refractivity contribution in [2.75, 3.05) is 36.7 Å². The fraction of sp³-hybridized carbons (Fsp3) is 0.727. The number of ether oxygens (including phenoxy) is 1. The van der Waals surface area contributed by atoms with Crippen molar-refractivity contribution in [1.82, 2.24) is 4.37 Å². The van der Waals surface area contributed by atoms with Crippen LogP contribution in [0.4, 0.5) is 10.8 Å². The Kier molecular flexibility index (Phi) is 7.19. The van der Waals surface area contributed by atoms with Gasteiger partial charge in [-0.2, -0.15) is 16.1 Å². The number of thioether (sulfide) groups is 1. The van der Waals surface area contributed by atoms with Crippen molar-refractivity contribution in [2.24, 2.45) is 0 Å². The molecule has 1 rings (SSSR count). The van der Waals surface area contributed by atoms with Gasteiger partial charge in [-0.25, -0.2) is 0 Å². The van der Waals surface area contributed by atoms with E-state index in [2.05, 4.69) is 15.9 Å². The molecule has 0 fully saturated rings. The Labute approximate surface area is 111 Å². The van der Waals surface area contributed by atoms with Crippen molar-refractivity contribution in [2.45, 2.75) is 25.7 Å². The highest BCUT2D eigenvalue weighted by molar-refractivity contribution is 7.98. The van der Waals surface area contributed by atoms with Gasteiger partial charge in [-0.3, -0.25) is 0 Å². The summed E-state index contributed by atoms with van der Waals surface area (Å²) in [5, 5.41) is 4.26. The van der Waals surface area contributed by atoms with E-state index in [4.69, 9.17) is 10.5 Å². The lowest BCUT2D eigenvalue weighted by molar-refractivity contribution is 0.419. The van der Waals surface area contributed by atoms with Crippen molar-refractivity contribution in [3.05, 3.63) is 0 Å². The second kappa shape index (κ2) is 8.47. The average Bonchev–Trinajstić information content (AvgIpc) is 2.69. The van der Waals surface area contributed by atoms with E-state index in [-0.39, 0.29) is 0 Å².